The van der Waals surface area contributed by atoms with Gasteiger partial charge in [0, 0.05) is 12.6 Å². The summed E-state index contributed by atoms with van der Waals surface area (Å²) in [6.07, 6.45) is -0.0514. The number of sulfonamides is 1. The highest BCUT2D eigenvalue weighted by Crippen LogP contribution is 2.26. The fourth-order valence-electron chi connectivity index (χ4n) is 3.31. The van der Waals surface area contributed by atoms with E-state index < -0.39 is 22.0 Å². The van der Waals surface area contributed by atoms with Crippen LogP contribution in [0.2, 0.25) is 5.02 Å². The summed E-state index contributed by atoms with van der Waals surface area (Å²) in [4.78, 5) is 22.9. The predicted molar refractivity (Wildman–Crippen MR) is 128 cm³/mol. The Morgan fingerprint density at radius 2 is 1.67 bits per heavy atom. The van der Waals surface area contributed by atoms with Crippen LogP contribution in [-0.2, 0) is 26.0 Å². The van der Waals surface area contributed by atoms with Crippen molar-refractivity contribution in [1.29, 1.82) is 0 Å². The molecule has 0 saturated heterocycles. The van der Waals surface area contributed by atoms with Gasteiger partial charge in [0.1, 0.15) is 10.9 Å². The second-order valence-corrected chi connectivity index (χ2v) is 9.62. The number of anilines is 1. The van der Waals surface area contributed by atoms with Crippen molar-refractivity contribution >= 4 is 39.2 Å². The van der Waals surface area contributed by atoms with Crippen LogP contribution in [0, 0.1) is 6.92 Å². The minimum atomic E-state index is -4.14. The van der Waals surface area contributed by atoms with Gasteiger partial charge in [-0.2, -0.15) is 4.72 Å². The van der Waals surface area contributed by atoms with Crippen molar-refractivity contribution < 1.29 is 23.1 Å². The summed E-state index contributed by atoms with van der Waals surface area (Å²) in [5.74, 6) is -1.47. The zero-order valence-corrected chi connectivity index (χ0v) is 19.6. The molecule has 0 aliphatic carbocycles. The lowest BCUT2D eigenvalue weighted by atomic mass is 10.0. The molecule has 7 nitrogen and oxygen atoms in total. The maximum Gasteiger partial charge on any atom is 0.322 e. The van der Waals surface area contributed by atoms with E-state index in [9.17, 15) is 23.1 Å². The molecule has 0 heterocycles. The Kier molecular flexibility index (Phi) is 7.53. The number of rotatable bonds is 8. The van der Waals surface area contributed by atoms with Gasteiger partial charge < -0.3 is 10.4 Å². The maximum absolute atomic E-state index is 12.8. The van der Waals surface area contributed by atoms with Crippen LogP contribution in [0.25, 0.3) is 11.1 Å². The first kappa shape index (κ1) is 24.4. The normalized spacial score (nSPS) is 12.2. The average molecular weight is 487 g/mol. The third-order valence-corrected chi connectivity index (χ3v) is 7.08. The lowest BCUT2D eigenvalue weighted by Crippen LogP contribution is -2.42. The molecule has 1 unspecified atom stereocenters. The van der Waals surface area contributed by atoms with Gasteiger partial charge >= 0.3 is 5.97 Å². The van der Waals surface area contributed by atoms with Crippen LogP contribution in [0.1, 0.15) is 18.1 Å². The molecule has 0 saturated carbocycles. The molecule has 172 valence electrons. The zero-order valence-electron chi connectivity index (χ0n) is 18.0. The minimum Gasteiger partial charge on any atom is -0.480 e. The molecule has 3 aromatic carbocycles. The number of nitrogens with one attached hydrogen (secondary N) is 2. The van der Waals surface area contributed by atoms with Crippen molar-refractivity contribution in [2.45, 2.75) is 31.2 Å². The van der Waals surface area contributed by atoms with Crippen molar-refractivity contribution in [1.82, 2.24) is 4.72 Å². The topological polar surface area (TPSA) is 113 Å². The second-order valence-electron chi connectivity index (χ2n) is 7.56. The molecule has 0 fully saturated rings. The lowest BCUT2D eigenvalue weighted by molar-refractivity contribution is -0.138. The van der Waals surface area contributed by atoms with Gasteiger partial charge in [-0.3, -0.25) is 9.59 Å². The van der Waals surface area contributed by atoms with Crippen molar-refractivity contribution in [3.63, 3.8) is 0 Å². The van der Waals surface area contributed by atoms with Crippen LogP contribution in [0.4, 0.5) is 5.69 Å². The first-order valence-electron chi connectivity index (χ1n) is 10.0. The van der Waals surface area contributed by atoms with Crippen molar-refractivity contribution in [2.24, 2.45) is 0 Å². The highest BCUT2D eigenvalue weighted by Gasteiger charge is 2.27. The summed E-state index contributed by atoms with van der Waals surface area (Å²) < 4.78 is 27.8. The highest BCUT2D eigenvalue weighted by atomic mass is 35.5. The predicted octanol–water partition coefficient (Wildman–Crippen LogP) is 4.25. The smallest absolute Gasteiger partial charge is 0.322 e. The summed E-state index contributed by atoms with van der Waals surface area (Å²) >= 11 is 6.13. The number of carboxylic acid groups (broad SMARTS) is 1. The number of hydrogen-bond donors (Lipinski definition) is 3. The van der Waals surface area contributed by atoms with E-state index in [0.29, 0.717) is 16.8 Å². The molecule has 0 spiro atoms. The summed E-state index contributed by atoms with van der Waals surface area (Å²) in [6.45, 7) is 3.10. The number of halogens is 1. The van der Waals surface area contributed by atoms with E-state index in [1.54, 1.807) is 37.3 Å². The van der Waals surface area contributed by atoms with E-state index in [0.717, 1.165) is 11.1 Å². The van der Waals surface area contributed by atoms with Crippen LogP contribution in [0.3, 0.4) is 0 Å². The van der Waals surface area contributed by atoms with E-state index in [2.05, 4.69) is 10.0 Å². The number of amides is 1. The summed E-state index contributed by atoms with van der Waals surface area (Å²) in [6, 6.07) is 17.6. The van der Waals surface area contributed by atoms with Gasteiger partial charge in [0.05, 0.1) is 5.02 Å². The third-order valence-electron chi connectivity index (χ3n) is 4.95. The largest absolute Gasteiger partial charge is 0.480 e. The summed E-state index contributed by atoms with van der Waals surface area (Å²) in [5.41, 5.74) is 3.62. The van der Waals surface area contributed by atoms with Crippen LogP contribution in [0.15, 0.2) is 71.6 Å². The fraction of sp³-hybridized carbons (Fsp3) is 0.167. The molecule has 0 bridgehead atoms. The molecule has 33 heavy (non-hydrogen) atoms. The molecular weight excluding hydrogens is 464 g/mol. The van der Waals surface area contributed by atoms with Gasteiger partial charge in [0.25, 0.3) is 0 Å². The number of aliphatic carboxylic acids is 1. The quantitative estimate of drug-likeness (QED) is 0.440. The maximum atomic E-state index is 12.8. The van der Waals surface area contributed by atoms with Crippen LogP contribution >= 0.6 is 11.6 Å². The summed E-state index contributed by atoms with van der Waals surface area (Å²) in [5, 5.41) is 12.4. The molecule has 0 radical (unpaired) electrons. The molecule has 9 heteroatoms. The first-order valence-corrected chi connectivity index (χ1v) is 11.9. The van der Waals surface area contributed by atoms with E-state index in [1.807, 2.05) is 30.3 Å². The Bertz CT molecular complexity index is 1290. The number of benzene rings is 3. The van der Waals surface area contributed by atoms with Crippen LogP contribution in [0.5, 0.6) is 0 Å². The average Bonchev–Trinajstić information content (AvgIpc) is 2.75. The number of carboxylic acids is 1. The Balaban J connectivity index is 1.79. The first-order chi connectivity index (χ1) is 15.6. The Morgan fingerprint density at radius 1 is 1.00 bits per heavy atom. The van der Waals surface area contributed by atoms with E-state index in [-0.39, 0.29) is 22.2 Å². The second kappa shape index (κ2) is 10.2. The Morgan fingerprint density at radius 3 is 2.30 bits per heavy atom. The van der Waals surface area contributed by atoms with Gasteiger partial charge in [0.15, 0.2) is 0 Å². The molecule has 0 aromatic heterocycles. The molecule has 1 amide bonds. The van der Waals surface area contributed by atoms with E-state index >= 15 is 0 Å². The third kappa shape index (κ3) is 6.19. The fourth-order valence-corrected chi connectivity index (χ4v) is 5.08. The van der Waals surface area contributed by atoms with E-state index in [4.69, 9.17) is 11.6 Å². The van der Waals surface area contributed by atoms with Gasteiger partial charge in [-0.15, -0.1) is 0 Å². The van der Waals surface area contributed by atoms with Gasteiger partial charge in [-0.25, -0.2) is 8.42 Å². The number of carbonyl (C=O) groups excluding carboxylic acids is 1. The highest BCUT2D eigenvalue weighted by molar-refractivity contribution is 7.89. The molecule has 3 aromatic rings. The van der Waals surface area contributed by atoms with Gasteiger partial charge in [-0.1, -0.05) is 60.1 Å². The monoisotopic (exact) mass is 486 g/mol. The molecule has 1 atom stereocenters. The molecule has 3 rings (SSSR count). The van der Waals surface area contributed by atoms with Gasteiger partial charge in [0.2, 0.25) is 15.9 Å². The Labute approximate surface area is 197 Å². The number of carbonyl (C=O) groups is 2. The molecular formula is C24H23ClN2O5S. The SMILES string of the molecule is CC(=O)Nc1cccc(-c2ccc(CC(NS(=O)(=O)c3cccc(C)c3Cl)C(=O)O)cc2)c1. The van der Waals surface area contributed by atoms with Gasteiger partial charge in [-0.05, 0) is 53.8 Å². The molecule has 0 aliphatic heterocycles. The molecule has 0 aliphatic rings. The van der Waals surface area contributed by atoms with E-state index in [1.165, 1.54) is 13.0 Å². The zero-order chi connectivity index (χ0) is 24.2. The van der Waals surface area contributed by atoms with Crippen LogP contribution < -0.4 is 10.0 Å². The summed E-state index contributed by atoms with van der Waals surface area (Å²) in [7, 11) is -4.14. The lowest BCUT2D eigenvalue weighted by Gasteiger charge is -2.16. The standard InChI is InChI=1S/C24H23ClN2O5S/c1-15-5-3-8-22(23(15)25)33(31,32)27-21(24(29)30)13-17-9-11-18(12-10-17)19-6-4-7-20(14-19)26-16(2)28/h3-12,14,21,27H,13H2,1-2H3,(H,26,28)(H,29,30). The number of hydrogen-bond acceptors (Lipinski definition) is 4. The minimum absolute atomic E-state index is 0.0514. The van der Waals surface area contributed by atoms with Crippen molar-refractivity contribution in [2.75, 3.05) is 5.32 Å². The Hall–Kier alpha value is -3.20. The molecule has 3 N–H and O–H groups in total. The number of aryl methyl sites for hydroxylation is 1. The van der Waals surface area contributed by atoms with Crippen molar-refractivity contribution in [3.05, 3.63) is 82.9 Å². The van der Waals surface area contributed by atoms with Crippen LogP contribution in [-0.4, -0.2) is 31.4 Å². The van der Waals surface area contributed by atoms with Crippen molar-refractivity contribution in [3.8, 4) is 11.1 Å².